The van der Waals surface area contributed by atoms with Gasteiger partial charge in [0.1, 0.15) is 0 Å². The first-order valence-electron chi connectivity index (χ1n) is 7.54. The first kappa shape index (κ1) is 17.5. The summed E-state index contributed by atoms with van der Waals surface area (Å²) in [6.45, 7) is 3.51. The zero-order valence-electron chi connectivity index (χ0n) is 13.1. The molecule has 0 spiro atoms. The lowest BCUT2D eigenvalue weighted by Crippen LogP contribution is -2.45. The number of halogens is 1. The van der Waals surface area contributed by atoms with E-state index in [1.54, 1.807) is 0 Å². The van der Waals surface area contributed by atoms with Crippen LogP contribution in [-0.2, 0) is 0 Å². The molecule has 0 aliphatic carbocycles. The second-order valence-corrected chi connectivity index (χ2v) is 5.94. The average molecular weight is 336 g/mol. The summed E-state index contributed by atoms with van der Waals surface area (Å²) >= 11 is 0. The number of aryl methyl sites for hydroxylation is 1. The maximum atomic E-state index is 12.2. The van der Waals surface area contributed by atoms with E-state index >= 15 is 0 Å². The van der Waals surface area contributed by atoms with Crippen LogP contribution >= 0.6 is 12.4 Å². The molecule has 3 rings (SSSR count). The number of carbonyl (C=O) groups is 1. The molecule has 4 N–H and O–H groups in total. The maximum Gasteiger partial charge on any atom is 0.319 e. The molecule has 1 heterocycles. The summed E-state index contributed by atoms with van der Waals surface area (Å²) < 4.78 is 0. The van der Waals surface area contributed by atoms with Crippen molar-refractivity contribution in [3.8, 4) is 0 Å². The van der Waals surface area contributed by atoms with Gasteiger partial charge in [0.15, 0.2) is 0 Å². The molecule has 6 heteroatoms. The monoisotopic (exact) mass is 335 g/mol. The minimum absolute atomic E-state index is 0. The standard InChI is InChI=1S/C17H21N3O2.ClH/c1-12-6-7-13-4-2-3-5-14(13)15(12)20-16(21)19-11-17(22)8-9-18-10-17;/h2-7,18,22H,8-11H2,1H3,(H2,19,20,21);1H. The van der Waals surface area contributed by atoms with Gasteiger partial charge < -0.3 is 21.1 Å². The fourth-order valence-corrected chi connectivity index (χ4v) is 2.83. The Morgan fingerprint density at radius 2 is 2.09 bits per heavy atom. The Morgan fingerprint density at radius 1 is 1.30 bits per heavy atom. The van der Waals surface area contributed by atoms with Gasteiger partial charge in [-0.3, -0.25) is 0 Å². The van der Waals surface area contributed by atoms with Gasteiger partial charge in [-0.25, -0.2) is 4.79 Å². The van der Waals surface area contributed by atoms with Crippen molar-refractivity contribution in [2.45, 2.75) is 18.9 Å². The van der Waals surface area contributed by atoms with Crippen LogP contribution in [0.5, 0.6) is 0 Å². The SMILES string of the molecule is Cc1ccc2ccccc2c1NC(=O)NCC1(O)CCNC1.Cl. The van der Waals surface area contributed by atoms with Crippen molar-refractivity contribution in [1.82, 2.24) is 10.6 Å². The van der Waals surface area contributed by atoms with Crippen molar-refractivity contribution >= 4 is 34.9 Å². The minimum atomic E-state index is -0.842. The van der Waals surface area contributed by atoms with Crippen LogP contribution in [0.4, 0.5) is 10.5 Å². The maximum absolute atomic E-state index is 12.2. The summed E-state index contributed by atoms with van der Waals surface area (Å²) in [5.41, 5.74) is 0.979. The Hall–Kier alpha value is -1.82. The van der Waals surface area contributed by atoms with E-state index in [0.717, 1.165) is 28.6 Å². The predicted molar refractivity (Wildman–Crippen MR) is 95.4 cm³/mol. The van der Waals surface area contributed by atoms with Crippen molar-refractivity contribution in [1.29, 1.82) is 0 Å². The summed E-state index contributed by atoms with van der Waals surface area (Å²) in [5.74, 6) is 0. The van der Waals surface area contributed by atoms with E-state index in [1.165, 1.54) is 0 Å². The van der Waals surface area contributed by atoms with Gasteiger partial charge >= 0.3 is 6.03 Å². The molecule has 1 saturated heterocycles. The molecule has 0 aromatic heterocycles. The van der Waals surface area contributed by atoms with Gasteiger partial charge in [0, 0.05) is 18.5 Å². The lowest BCUT2D eigenvalue weighted by Gasteiger charge is -2.22. The van der Waals surface area contributed by atoms with Crippen LogP contribution in [0.15, 0.2) is 36.4 Å². The molecule has 2 amide bonds. The van der Waals surface area contributed by atoms with Crippen LogP contribution in [0.3, 0.4) is 0 Å². The number of urea groups is 1. The number of carbonyl (C=O) groups excluding carboxylic acids is 1. The lowest BCUT2D eigenvalue weighted by molar-refractivity contribution is 0.0640. The predicted octanol–water partition coefficient (Wildman–Crippen LogP) is 2.42. The molecule has 1 aliphatic heterocycles. The van der Waals surface area contributed by atoms with Crippen molar-refractivity contribution in [2.24, 2.45) is 0 Å². The van der Waals surface area contributed by atoms with Crippen LogP contribution in [0.2, 0.25) is 0 Å². The van der Waals surface area contributed by atoms with Crippen LogP contribution in [0.1, 0.15) is 12.0 Å². The number of β-amino-alcohol motifs (C(OH)–C–C–N with tert-alkyl or cyclic N) is 1. The molecule has 2 aromatic rings. The third kappa shape index (κ3) is 3.93. The van der Waals surface area contributed by atoms with Gasteiger partial charge in [-0.05, 0) is 30.8 Å². The van der Waals surface area contributed by atoms with E-state index in [4.69, 9.17) is 0 Å². The third-order valence-electron chi connectivity index (χ3n) is 4.18. The number of fused-ring (bicyclic) bond motifs is 1. The molecule has 0 saturated carbocycles. The number of hydrogen-bond donors (Lipinski definition) is 4. The molecule has 1 atom stereocenters. The van der Waals surface area contributed by atoms with Crippen molar-refractivity contribution in [3.05, 3.63) is 42.0 Å². The molecule has 1 fully saturated rings. The molecule has 0 radical (unpaired) electrons. The highest BCUT2D eigenvalue weighted by atomic mass is 35.5. The van der Waals surface area contributed by atoms with E-state index in [-0.39, 0.29) is 25.0 Å². The fraction of sp³-hybridized carbons (Fsp3) is 0.353. The zero-order chi connectivity index (χ0) is 15.6. The van der Waals surface area contributed by atoms with E-state index < -0.39 is 5.60 Å². The lowest BCUT2D eigenvalue weighted by atomic mass is 10.0. The summed E-state index contributed by atoms with van der Waals surface area (Å²) in [6.07, 6.45) is 0.653. The van der Waals surface area contributed by atoms with Gasteiger partial charge in [-0.1, -0.05) is 36.4 Å². The quantitative estimate of drug-likeness (QED) is 0.696. The fourth-order valence-electron chi connectivity index (χ4n) is 2.83. The second-order valence-electron chi connectivity index (χ2n) is 5.94. The van der Waals surface area contributed by atoms with Gasteiger partial charge in [0.2, 0.25) is 0 Å². The number of amides is 2. The molecule has 2 aromatic carbocycles. The molecule has 23 heavy (non-hydrogen) atoms. The smallest absolute Gasteiger partial charge is 0.319 e. The summed E-state index contributed by atoms with van der Waals surface area (Å²) in [4.78, 5) is 12.2. The van der Waals surface area contributed by atoms with Gasteiger partial charge in [-0.15, -0.1) is 12.4 Å². The number of benzene rings is 2. The van der Waals surface area contributed by atoms with Crippen LogP contribution in [0.25, 0.3) is 10.8 Å². The summed E-state index contributed by atoms with van der Waals surface area (Å²) in [6, 6.07) is 11.7. The Morgan fingerprint density at radius 3 is 2.83 bits per heavy atom. The van der Waals surface area contributed by atoms with E-state index in [2.05, 4.69) is 16.0 Å². The van der Waals surface area contributed by atoms with Gasteiger partial charge in [-0.2, -0.15) is 0 Å². The van der Waals surface area contributed by atoms with E-state index in [9.17, 15) is 9.90 Å². The van der Waals surface area contributed by atoms with Gasteiger partial charge in [0.05, 0.1) is 11.3 Å². The normalized spacial score (nSPS) is 20.1. The second kappa shape index (κ2) is 7.17. The molecule has 1 unspecified atom stereocenters. The van der Waals surface area contributed by atoms with Crippen LogP contribution in [-0.4, -0.2) is 36.4 Å². The molecular formula is C17H22ClN3O2. The molecule has 0 bridgehead atoms. The number of aliphatic hydroxyl groups is 1. The Labute approximate surface area is 141 Å². The Bertz CT molecular complexity index is 699. The third-order valence-corrected chi connectivity index (χ3v) is 4.18. The number of hydrogen-bond acceptors (Lipinski definition) is 3. The van der Waals surface area contributed by atoms with Crippen LogP contribution in [0, 0.1) is 6.92 Å². The molecule has 1 aliphatic rings. The average Bonchev–Trinajstić information content (AvgIpc) is 2.95. The topological polar surface area (TPSA) is 73.4 Å². The summed E-state index contributed by atoms with van der Waals surface area (Å²) in [5, 5.41) is 21.1. The molecular weight excluding hydrogens is 314 g/mol. The van der Waals surface area contributed by atoms with Crippen molar-refractivity contribution in [2.75, 3.05) is 25.0 Å². The molecule has 5 nitrogen and oxygen atoms in total. The van der Waals surface area contributed by atoms with Crippen molar-refractivity contribution < 1.29 is 9.90 Å². The van der Waals surface area contributed by atoms with Crippen molar-refractivity contribution in [3.63, 3.8) is 0 Å². The van der Waals surface area contributed by atoms with E-state index in [1.807, 2.05) is 43.3 Å². The number of anilines is 1. The highest BCUT2D eigenvalue weighted by Gasteiger charge is 2.31. The first-order chi connectivity index (χ1) is 10.6. The summed E-state index contributed by atoms with van der Waals surface area (Å²) in [7, 11) is 0. The largest absolute Gasteiger partial charge is 0.387 e. The molecule has 124 valence electrons. The Kier molecular flexibility index (Phi) is 5.46. The highest BCUT2D eigenvalue weighted by molar-refractivity contribution is 6.02. The number of nitrogens with one attached hydrogen (secondary N) is 3. The first-order valence-corrected chi connectivity index (χ1v) is 7.54. The highest BCUT2D eigenvalue weighted by Crippen LogP contribution is 2.26. The van der Waals surface area contributed by atoms with E-state index in [0.29, 0.717) is 13.0 Å². The number of rotatable bonds is 3. The zero-order valence-corrected chi connectivity index (χ0v) is 13.9. The van der Waals surface area contributed by atoms with Crippen LogP contribution < -0.4 is 16.0 Å². The van der Waals surface area contributed by atoms with Gasteiger partial charge in [0.25, 0.3) is 0 Å². The minimum Gasteiger partial charge on any atom is -0.387 e. The Balaban J connectivity index is 0.00000192.